The Morgan fingerprint density at radius 3 is 2.42 bits per heavy atom. The number of hydrogen-bond acceptors (Lipinski definition) is 4. The molecule has 0 aromatic heterocycles. The standard InChI is InChI=1S/C21H21NO4/c1-14(16-8-4-3-5-9-16)22-13-17(12-20(22)24)21(25)26-19-11-7-6-10-18(19)15(2)23/h3-11,14,17H,12-13H2,1-2H3/t14-,17-/m1/s1. The van der Waals surface area contributed by atoms with Crippen LogP contribution in [0.1, 0.15) is 42.2 Å². The Hall–Kier alpha value is -2.95. The second-order valence-electron chi connectivity index (χ2n) is 6.51. The van der Waals surface area contributed by atoms with Gasteiger partial charge in [0.2, 0.25) is 5.91 Å². The zero-order valence-electron chi connectivity index (χ0n) is 14.8. The van der Waals surface area contributed by atoms with Crippen LogP contribution in [-0.4, -0.2) is 29.1 Å². The molecule has 0 aliphatic carbocycles. The number of likely N-dealkylation sites (tertiary alicyclic amines) is 1. The minimum atomic E-state index is -0.534. The van der Waals surface area contributed by atoms with Crippen LogP contribution in [0.15, 0.2) is 54.6 Å². The predicted molar refractivity (Wildman–Crippen MR) is 96.8 cm³/mol. The molecule has 1 aliphatic heterocycles. The minimum Gasteiger partial charge on any atom is -0.425 e. The number of amides is 1. The van der Waals surface area contributed by atoms with Gasteiger partial charge in [0.15, 0.2) is 5.78 Å². The van der Waals surface area contributed by atoms with E-state index in [4.69, 9.17) is 4.74 Å². The molecule has 134 valence electrons. The first-order valence-corrected chi connectivity index (χ1v) is 8.63. The summed E-state index contributed by atoms with van der Waals surface area (Å²) in [5, 5.41) is 0. The molecule has 2 atom stereocenters. The molecule has 2 aromatic carbocycles. The fraction of sp³-hybridized carbons (Fsp3) is 0.286. The summed E-state index contributed by atoms with van der Waals surface area (Å²) in [6.45, 7) is 3.69. The van der Waals surface area contributed by atoms with E-state index in [1.54, 1.807) is 29.2 Å². The highest BCUT2D eigenvalue weighted by molar-refractivity contribution is 5.98. The van der Waals surface area contributed by atoms with Gasteiger partial charge in [0.25, 0.3) is 0 Å². The summed E-state index contributed by atoms with van der Waals surface area (Å²) in [6, 6.07) is 16.2. The van der Waals surface area contributed by atoms with Gasteiger partial charge in [-0.1, -0.05) is 42.5 Å². The van der Waals surface area contributed by atoms with Crippen molar-refractivity contribution >= 4 is 17.7 Å². The van der Waals surface area contributed by atoms with Gasteiger partial charge in [-0.25, -0.2) is 0 Å². The molecule has 26 heavy (non-hydrogen) atoms. The van der Waals surface area contributed by atoms with E-state index in [0.29, 0.717) is 12.1 Å². The summed E-state index contributed by atoms with van der Waals surface area (Å²) in [5.41, 5.74) is 1.39. The van der Waals surface area contributed by atoms with Gasteiger partial charge >= 0.3 is 5.97 Å². The number of ketones is 1. The summed E-state index contributed by atoms with van der Waals surface area (Å²) < 4.78 is 5.43. The molecule has 2 aromatic rings. The summed E-state index contributed by atoms with van der Waals surface area (Å²) in [6.07, 6.45) is 0.123. The van der Waals surface area contributed by atoms with Crippen LogP contribution in [0.3, 0.4) is 0 Å². The Labute approximate surface area is 152 Å². The summed E-state index contributed by atoms with van der Waals surface area (Å²) in [4.78, 5) is 38.3. The molecule has 1 heterocycles. The molecule has 1 fully saturated rings. The van der Waals surface area contributed by atoms with Gasteiger partial charge in [-0.05, 0) is 31.5 Å². The van der Waals surface area contributed by atoms with Crippen molar-refractivity contribution in [2.45, 2.75) is 26.3 Å². The zero-order valence-corrected chi connectivity index (χ0v) is 14.8. The third kappa shape index (κ3) is 3.67. The average molecular weight is 351 g/mol. The molecule has 3 rings (SSSR count). The third-order valence-corrected chi connectivity index (χ3v) is 4.72. The van der Waals surface area contributed by atoms with Crippen LogP contribution in [-0.2, 0) is 9.59 Å². The average Bonchev–Trinajstić information content (AvgIpc) is 3.04. The maximum atomic E-state index is 12.5. The molecule has 0 bridgehead atoms. The van der Waals surface area contributed by atoms with Crippen molar-refractivity contribution in [3.05, 3.63) is 65.7 Å². The van der Waals surface area contributed by atoms with Crippen LogP contribution in [0.5, 0.6) is 5.75 Å². The first-order chi connectivity index (χ1) is 12.5. The van der Waals surface area contributed by atoms with E-state index in [1.807, 2.05) is 37.3 Å². The lowest BCUT2D eigenvalue weighted by atomic mass is 10.1. The SMILES string of the molecule is CC(=O)c1ccccc1OC(=O)[C@@H]1CC(=O)N([C@H](C)c2ccccc2)C1. The molecular weight excluding hydrogens is 330 g/mol. The molecule has 0 radical (unpaired) electrons. The number of rotatable bonds is 5. The molecule has 1 amide bonds. The van der Waals surface area contributed by atoms with Crippen LogP contribution in [0.2, 0.25) is 0 Å². The largest absolute Gasteiger partial charge is 0.425 e. The Morgan fingerprint density at radius 2 is 1.73 bits per heavy atom. The minimum absolute atomic E-state index is 0.0665. The fourth-order valence-electron chi connectivity index (χ4n) is 3.21. The van der Waals surface area contributed by atoms with Gasteiger partial charge in [0.05, 0.1) is 17.5 Å². The van der Waals surface area contributed by atoms with E-state index in [2.05, 4.69) is 0 Å². The number of esters is 1. The second-order valence-corrected chi connectivity index (χ2v) is 6.51. The van der Waals surface area contributed by atoms with Crippen molar-refractivity contribution in [1.29, 1.82) is 0 Å². The molecule has 0 saturated carbocycles. The monoisotopic (exact) mass is 351 g/mol. The molecule has 0 N–H and O–H groups in total. The molecule has 0 unspecified atom stereocenters. The fourth-order valence-corrected chi connectivity index (χ4v) is 3.21. The summed E-state index contributed by atoms with van der Waals surface area (Å²) >= 11 is 0. The van der Waals surface area contributed by atoms with Crippen LogP contribution >= 0.6 is 0 Å². The van der Waals surface area contributed by atoms with Crippen molar-refractivity contribution < 1.29 is 19.1 Å². The third-order valence-electron chi connectivity index (χ3n) is 4.72. The molecule has 1 aliphatic rings. The van der Waals surface area contributed by atoms with Crippen LogP contribution in [0.4, 0.5) is 0 Å². The summed E-state index contributed by atoms with van der Waals surface area (Å²) in [5.74, 6) is -1.01. The van der Waals surface area contributed by atoms with Crippen molar-refractivity contribution in [1.82, 2.24) is 4.90 Å². The number of para-hydroxylation sites is 1. The first kappa shape index (κ1) is 17.9. The number of carbonyl (C=O) groups is 3. The number of hydrogen-bond donors (Lipinski definition) is 0. The van der Waals surface area contributed by atoms with Gasteiger partial charge < -0.3 is 9.64 Å². The van der Waals surface area contributed by atoms with Crippen LogP contribution in [0.25, 0.3) is 0 Å². The Kier molecular flexibility index (Phi) is 5.16. The topological polar surface area (TPSA) is 63.7 Å². The van der Waals surface area contributed by atoms with E-state index in [-0.39, 0.29) is 29.9 Å². The lowest BCUT2D eigenvalue weighted by Gasteiger charge is -2.25. The Balaban J connectivity index is 1.71. The van der Waals surface area contributed by atoms with Gasteiger partial charge in [-0.3, -0.25) is 14.4 Å². The highest BCUT2D eigenvalue weighted by Gasteiger charge is 2.38. The van der Waals surface area contributed by atoms with E-state index < -0.39 is 11.9 Å². The number of benzene rings is 2. The molecule has 5 nitrogen and oxygen atoms in total. The van der Waals surface area contributed by atoms with Gasteiger partial charge in [0.1, 0.15) is 5.75 Å². The predicted octanol–water partition coefficient (Wildman–Crippen LogP) is 3.40. The maximum Gasteiger partial charge on any atom is 0.316 e. The lowest BCUT2D eigenvalue weighted by molar-refractivity contribution is -0.139. The number of Topliss-reactive ketones (excluding diaryl/α,β-unsaturated/α-hetero) is 1. The first-order valence-electron chi connectivity index (χ1n) is 8.63. The summed E-state index contributed by atoms with van der Waals surface area (Å²) in [7, 11) is 0. The quantitative estimate of drug-likeness (QED) is 0.470. The molecule has 5 heteroatoms. The number of nitrogens with zero attached hydrogens (tertiary/aromatic N) is 1. The van der Waals surface area contributed by atoms with Crippen molar-refractivity contribution in [2.24, 2.45) is 5.92 Å². The molecule has 0 spiro atoms. The molecule has 1 saturated heterocycles. The highest BCUT2D eigenvalue weighted by Crippen LogP contribution is 2.30. The smallest absolute Gasteiger partial charge is 0.316 e. The zero-order chi connectivity index (χ0) is 18.7. The van der Waals surface area contributed by atoms with Crippen molar-refractivity contribution in [3.8, 4) is 5.75 Å². The number of ether oxygens (including phenoxy) is 1. The Bertz CT molecular complexity index is 831. The van der Waals surface area contributed by atoms with E-state index >= 15 is 0 Å². The van der Waals surface area contributed by atoms with Gasteiger partial charge in [-0.15, -0.1) is 0 Å². The maximum absolute atomic E-state index is 12.5. The van der Waals surface area contributed by atoms with Crippen molar-refractivity contribution in [3.63, 3.8) is 0 Å². The van der Waals surface area contributed by atoms with E-state index in [9.17, 15) is 14.4 Å². The van der Waals surface area contributed by atoms with Crippen LogP contribution in [0, 0.1) is 5.92 Å². The van der Waals surface area contributed by atoms with Crippen LogP contribution < -0.4 is 4.74 Å². The van der Waals surface area contributed by atoms with E-state index in [1.165, 1.54) is 6.92 Å². The lowest BCUT2D eigenvalue weighted by Crippen LogP contribution is -2.30. The van der Waals surface area contributed by atoms with E-state index in [0.717, 1.165) is 5.56 Å². The van der Waals surface area contributed by atoms with Gasteiger partial charge in [0, 0.05) is 13.0 Å². The Morgan fingerprint density at radius 1 is 1.08 bits per heavy atom. The van der Waals surface area contributed by atoms with Crippen molar-refractivity contribution in [2.75, 3.05) is 6.54 Å². The highest BCUT2D eigenvalue weighted by atomic mass is 16.5. The molecular formula is C21H21NO4. The number of carbonyl (C=O) groups excluding carboxylic acids is 3. The normalized spacial score (nSPS) is 17.8. The van der Waals surface area contributed by atoms with Gasteiger partial charge in [-0.2, -0.15) is 0 Å². The second kappa shape index (κ2) is 7.52.